The average molecular weight is 471 g/mol. The van der Waals surface area contributed by atoms with E-state index in [4.69, 9.17) is 0 Å². The smallest absolute Gasteiger partial charge is 0.260 e. The van der Waals surface area contributed by atoms with E-state index < -0.39 is 11.6 Å². The van der Waals surface area contributed by atoms with Gasteiger partial charge in [-0.2, -0.15) is 0 Å². The molecular weight excluding hydrogens is 450 g/mol. The second-order valence-electron chi connectivity index (χ2n) is 7.97. The quantitative estimate of drug-likeness (QED) is 0.267. The van der Waals surface area contributed by atoms with Gasteiger partial charge in [-0.15, -0.1) is 0 Å². The van der Waals surface area contributed by atoms with E-state index in [9.17, 15) is 13.6 Å². The fraction of sp³-hybridized carbons (Fsp3) is 0.0714. The van der Waals surface area contributed by atoms with Crippen molar-refractivity contribution in [3.05, 3.63) is 131 Å². The summed E-state index contributed by atoms with van der Waals surface area (Å²) in [7, 11) is 0. The van der Waals surface area contributed by atoms with Crippen molar-refractivity contribution < 1.29 is 13.6 Å². The van der Waals surface area contributed by atoms with Crippen LogP contribution in [-0.2, 0) is 13.0 Å². The van der Waals surface area contributed by atoms with E-state index in [1.807, 2.05) is 60.7 Å². The van der Waals surface area contributed by atoms with E-state index in [0.29, 0.717) is 15.4 Å². The number of fused-ring (bicyclic) bond motifs is 1. The first-order valence-electron chi connectivity index (χ1n) is 10.8. The number of aromatic nitrogens is 1. The van der Waals surface area contributed by atoms with Gasteiger partial charge < -0.3 is 0 Å². The Morgan fingerprint density at radius 3 is 2.09 bits per heavy atom. The molecule has 0 saturated carbocycles. The van der Waals surface area contributed by atoms with Crippen LogP contribution in [-0.4, -0.2) is 10.9 Å². The zero-order chi connectivity index (χ0) is 23.5. The van der Waals surface area contributed by atoms with E-state index >= 15 is 0 Å². The molecule has 0 aliphatic rings. The first kappa shape index (κ1) is 21.9. The minimum absolute atomic E-state index is 0.0606. The average Bonchev–Trinajstić information content (AvgIpc) is 3.28. The molecule has 0 atom stereocenters. The Morgan fingerprint density at radius 2 is 1.41 bits per heavy atom. The Kier molecular flexibility index (Phi) is 6.14. The second kappa shape index (κ2) is 9.53. The molecule has 0 aliphatic heterocycles. The number of carbonyl (C=O) groups is 1. The van der Waals surface area contributed by atoms with Crippen LogP contribution in [0.2, 0.25) is 0 Å². The highest BCUT2D eigenvalue weighted by Crippen LogP contribution is 2.33. The molecule has 0 saturated heterocycles. The Hall–Kier alpha value is -3.90. The third-order valence-corrected chi connectivity index (χ3v) is 6.54. The fourth-order valence-electron chi connectivity index (χ4n) is 3.81. The van der Waals surface area contributed by atoms with Crippen LogP contribution in [0.15, 0.2) is 97.1 Å². The van der Waals surface area contributed by atoms with Crippen LogP contribution in [0, 0.1) is 11.6 Å². The molecule has 0 radical (unpaired) electrons. The number of halogens is 2. The summed E-state index contributed by atoms with van der Waals surface area (Å²) in [6, 6.07) is 29.1. The van der Waals surface area contributed by atoms with Crippen LogP contribution in [0.3, 0.4) is 0 Å². The van der Waals surface area contributed by atoms with Gasteiger partial charge in [-0.25, -0.2) is 13.8 Å². The number of hydrogen-bond donors (Lipinski definition) is 0. The Morgan fingerprint density at radius 1 is 0.794 bits per heavy atom. The molecule has 1 heterocycles. The Labute approximate surface area is 199 Å². The van der Waals surface area contributed by atoms with Crippen molar-refractivity contribution in [2.75, 3.05) is 4.90 Å². The van der Waals surface area contributed by atoms with Crippen molar-refractivity contribution in [1.82, 2.24) is 4.98 Å². The molecular formula is C28H20F2N2OS. The number of carbonyl (C=O) groups excluding carboxylic acids is 1. The minimum Gasteiger partial charge on any atom is -0.279 e. The summed E-state index contributed by atoms with van der Waals surface area (Å²) in [5.41, 5.74) is 3.75. The van der Waals surface area contributed by atoms with E-state index in [1.54, 1.807) is 12.1 Å². The maximum atomic E-state index is 14.3. The predicted octanol–water partition coefficient (Wildman–Crippen LogP) is 7.01. The van der Waals surface area contributed by atoms with Gasteiger partial charge in [0.2, 0.25) is 0 Å². The third kappa shape index (κ3) is 4.72. The van der Waals surface area contributed by atoms with Crippen LogP contribution in [0.1, 0.15) is 27.0 Å². The van der Waals surface area contributed by atoms with E-state index in [2.05, 4.69) is 17.1 Å². The third-order valence-electron chi connectivity index (χ3n) is 5.51. The Bertz CT molecular complexity index is 1430. The highest BCUT2D eigenvalue weighted by molar-refractivity contribution is 7.22. The van der Waals surface area contributed by atoms with Crippen molar-refractivity contribution in [3.63, 3.8) is 0 Å². The molecule has 1 amide bonds. The van der Waals surface area contributed by atoms with Gasteiger partial charge in [-0.1, -0.05) is 84.1 Å². The SMILES string of the molecule is O=C(c1ccc(Cc2ccccc2)cc1)N(Cc1ccccc1)c1nc2c(F)cc(F)cc2s1. The van der Waals surface area contributed by atoms with Gasteiger partial charge in [-0.05, 0) is 41.3 Å². The predicted molar refractivity (Wildman–Crippen MR) is 132 cm³/mol. The molecule has 1 aromatic heterocycles. The van der Waals surface area contributed by atoms with E-state index in [1.165, 1.54) is 16.5 Å². The largest absolute Gasteiger partial charge is 0.279 e. The molecule has 168 valence electrons. The van der Waals surface area contributed by atoms with Gasteiger partial charge in [0.25, 0.3) is 5.91 Å². The molecule has 0 aliphatic carbocycles. The zero-order valence-corrected chi connectivity index (χ0v) is 18.9. The molecule has 34 heavy (non-hydrogen) atoms. The maximum absolute atomic E-state index is 14.3. The van der Waals surface area contributed by atoms with Crippen LogP contribution >= 0.6 is 11.3 Å². The van der Waals surface area contributed by atoms with Gasteiger partial charge >= 0.3 is 0 Å². The molecule has 5 rings (SSSR count). The highest BCUT2D eigenvalue weighted by Gasteiger charge is 2.23. The standard InChI is InChI=1S/C28H20F2N2OS/c29-23-16-24(30)26-25(17-23)34-28(31-26)32(18-21-9-5-2-6-10-21)27(33)22-13-11-20(12-14-22)15-19-7-3-1-4-8-19/h1-14,16-17H,15,18H2. The highest BCUT2D eigenvalue weighted by atomic mass is 32.1. The normalized spacial score (nSPS) is 11.0. The lowest BCUT2D eigenvalue weighted by Gasteiger charge is -2.20. The summed E-state index contributed by atoms with van der Waals surface area (Å²) in [6.45, 7) is 0.259. The number of benzene rings is 4. The van der Waals surface area contributed by atoms with Gasteiger partial charge in [0.15, 0.2) is 10.9 Å². The lowest BCUT2D eigenvalue weighted by molar-refractivity contribution is 0.0985. The summed E-state index contributed by atoms with van der Waals surface area (Å²) in [5.74, 6) is -1.67. The number of anilines is 1. The van der Waals surface area contributed by atoms with Crippen molar-refractivity contribution >= 4 is 32.6 Å². The van der Waals surface area contributed by atoms with Gasteiger partial charge in [0.05, 0.1) is 11.2 Å². The molecule has 4 aromatic carbocycles. The summed E-state index contributed by atoms with van der Waals surface area (Å²) >= 11 is 1.09. The molecule has 0 fully saturated rings. The molecule has 0 spiro atoms. The van der Waals surface area contributed by atoms with Gasteiger partial charge in [0, 0.05) is 11.6 Å². The Balaban J connectivity index is 1.47. The lowest BCUT2D eigenvalue weighted by atomic mass is 10.0. The van der Waals surface area contributed by atoms with Gasteiger partial charge in [0.1, 0.15) is 11.3 Å². The molecule has 5 aromatic rings. The number of thiazole rings is 1. The van der Waals surface area contributed by atoms with Crippen molar-refractivity contribution in [2.45, 2.75) is 13.0 Å². The van der Waals surface area contributed by atoms with Crippen LogP contribution in [0.5, 0.6) is 0 Å². The maximum Gasteiger partial charge on any atom is 0.260 e. The summed E-state index contributed by atoms with van der Waals surface area (Å²) in [5, 5.41) is 0.321. The first-order valence-corrected chi connectivity index (χ1v) is 11.6. The zero-order valence-electron chi connectivity index (χ0n) is 18.1. The second-order valence-corrected chi connectivity index (χ2v) is 8.98. The lowest BCUT2D eigenvalue weighted by Crippen LogP contribution is -2.30. The van der Waals surface area contributed by atoms with Crippen LogP contribution < -0.4 is 4.90 Å². The van der Waals surface area contributed by atoms with Gasteiger partial charge in [-0.3, -0.25) is 9.69 Å². The van der Waals surface area contributed by atoms with Crippen molar-refractivity contribution in [1.29, 1.82) is 0 Å². The fourth-order valence-corrected chi connectivity index (χ4v) is 4.81. The summed E-state index contributed by atoms with van der Waals surface area (Å²) < 4.78 is 28.4. The van der Waals surface area contributed by atoms with E-state index in [-0.39, 0.29) is 18.0 Å². The summed E-state index contributed by atoms with van der Waals surface area (Å²) in [6.07, 6.45) is 0.770. The molecule has 0 unspecified atom stereocenters. The summed E-state index contributed by atoms with van der Waals surface area (Å²) in [4.78, 5) is 19.4. The molecule has 3 nitrogen and oxygen atoms in total. The monoisotopic (exact) mass is 470 g/mol. The number of nitrogens with zero attached hydrogens (tertiary/aromatic N) is 2. The topological polar surface area (TPSA) is 33.2 Å². The number of hydrogen-bond acceptors (Lipinski definition) is 3. The first-order chi connectivity index (χ1) is 16.6. The van der Waals surface area contributed by atoms with E-state index in [0.717, 1.165) is 35.0 Å². The van der Waals surface area contributed by atoms with Crippen LogP contribution in [0.25, 0.3) is 10.2 Å². The van der Waals surface area contributed by atoms with Crippen molar-refractivity contribution in [3.8, 4) is 0 Å². The van der Waals surface area contributed by atoms with Crippen molar-refractivity contribution in [2.24, 2.45) is 0 Å². The molecule has 6 heteroatoms. The molecule has 0 N–H and O–H groups in total. The number of amides is 1. The van der Waals surface area contributed by atoms with Crippen LogP contribution in [0.4, 0.5) is 13.9 Å². The number of rotatable bonds is 6. The minimum atomic E-state index is -0.741. The molecule has 0 bridgehead atoms.